The van der Waals surface area contributed by atoms with E-state index in [-0.39, 0.29) is 12.0 Å². The normalized spacial score (nSPS) is 16.5. The highest BCUT2D eigenvalue weighted by Gasteiger charge is 2.22. The van der Waals surface area contributed by atoms with Crippen LogP contribution in [0.2, 0.25) is 0 Å². The minimum atomic E-state index is -0.612. The smallest absolute Gasteiger partial charge is 0.323 e. The second kappa shape index (κ2) is 4.58. The number of ether oxygens (including phenoxy) is 1. The SMILES string of the molecule is CC(N)CC(N)C(=O)OC(C)(C)C. The van der Waals surface area contributed by atoms with E-state index in [1.165, 1.54) is 0 Å². The molecule has 0 aromatic rings. The Morgan fingerprint density at radius 1 is 1.38 bits per heavy atom. The zero-order chi connectivity index (χ0) is 10.6. The minimum Gasteiger partial charge on any atom is -0.459 e. The van der Waals surface area contributed by atoms with Crippen LogP contribution >= 0.6 is 0 Å². The van der Waals surface area contributed by atoms with E-state index in [0.29, 0.717) is 6.42 Å². The van der Waals surface area contributed by atoms with E-state index in [2.05, 4.69) is 0 Å². The summed E-state index contributed by atoms with van der Waals surface area (Å²) >= 11 is 0. The van der Waals surface area contributed by atoms with E-state index in [0.717, 1.165) is 0 Å². The van der Waals surface area contributed by atoms with Crippen LogP contribution in [0, 0.1) is 0 Å². The van der Waals surface area contributed by atoms with Crippen LogP contribution in [0.4, 0.5) is 0 Å². The summed E-state index contributed by atoms with van der Waals surface area (Å²) in [5, 5.41) is 0. The number of esters is 1. The van der Waals surface area contributed by atoms with Crippen molar-refractivity contribution in [1.29, 1.82) is 0 Å². The van der Waals surface area contributed by atoms with Crippen molar-refractivity contribution in [3.63, 3.8) is 0 Å². The van der Waals surface area contributed by atoms with Gasteiger partial charge in [-0.15, -0.1) is 0 Å². The van der Waals surface area contributed by atoms with Crippen LogP contribution in [-0.4, -0.2) is 23.7 Å². The van der Waals surface area contributed by atoms with Gasteiger partial charge in [0.15, 0.2) is 0 Å². The second-order valence-electron chi connectivity index (χ2n) is 4.35. The van der Waals surface area contributed by atoms with Crippen LogP contribution in [0.25, 0.3) is 0 Å². The highest BCUT2D eigenvalue weighted by molar-refractivity contribution is 5.75. The average Bonchev–Trinajstić information content (AvgIpc) is 1.81. The summed E-state index contributed by atoms with van der Waals surface area (Å²) in [6.07, 6.45) is 0.453. The zero-order valence-corrected chi connectivity index (χ0v) is 8.83. The maximum Gasteiger partial charge on any atom is 0.323 e. The Hall–Kier alpha value is -0.610. The molecule has 0 aliphatic heterocycles. The van der Waals surface area contributed by atoms with Crippen LogP contribution in [0.1, 0.15) is 34.1 Å². The molecule has 0 saturated carbocycles. The summed E-state index contributed by atoms with van der Waals surface area (Å²) in [6.45, 7) is 7.24. The fraction of sp³-hybridized carbons (Fsp3) is 0.889. The first-order valence-electron chi connectivity index (χ1n) is 4.46. The minimum absolute atomic E-state index is 0.0810. The van der Waals surface area contributed by atoms with E-state index in [1.807, 2.05) is 27.7 Å². The number of rotatable bonds is 3. The molecule has 2 atom stereocenters. The van der Waals surface area contributed by atoms with Gasteiger partial charge in [0.05, 0.1) is 0 Å². The lowest BCUT2D eigenvalue weighted by molar-refractivity contribution is -0.156. The summed E-state index contributed by atoms with van der Waals surface area (Å²) in [7, 11) is 0. The van der Waals surface area contributed by atoms with Gasteiger partial charge in [0.25, 0.3) is 0 Å². The van der Waals surface area contributed by atoms with E-state index in [9.17, 15) is 4.79 Å². The van der Waals surface area contributed by atoms with E-state index in [1.54, 1.807) is 0 Å². The van der Waals surface area contributed by atoms with Gasteiger partial charge in [-0.25, -0.2) is 0 Å². The molecular weight excluding hydrogens is 168 g/mol. The maximum absolute atomic E-state index is 11.3. The molecule has 0 rings (SSSR count). The van der Waals surface area contributed by atoms with Crippen molar-refractivity contribution in [1.82, 2.24) is 0 Å². The largest absolute Gasteiger partial charge is 0.459 e. The number of hydrogen-bond acceptors (Lipinski definition) is 4. The molecule has 0 spiro atoms. The summed E-state index contributed by atoms with van der Waals surface area (Å²) < 4.78 is 5.08. The van der Waals surface area contributed by atoms with Crippen molar-refractivity contribution >= 4 is 5.97 Å². The first-order valence-corrected chi connectivity index (χ1v) is 4.46. The molecule has 2 unspecified atom stereocenters. The first kappa shape index (κ1) is 12.4. The number of carbonyl (C=O) groups excluding carboxylic acids is 1. The Bertz CT molecular complexity index is 173. The maximum atomic E-state index is 11.3. The van der Waals surface area contributed by atoms with Gasteiger partial charge in [0.2, 0.25) is 0 Å². The van der Waals surface area contributed by atoms with Gasteiger partial charge in [0, 0.05) is 6.04 Å². The topological polar surface area (TPSA) is 78.3 Å². The molecule has 0 saturated heterocycles. The number of carbonyl (C=O) groups is 1. The van der Waals surface area contributed by atoms with Gasteiger partial charge in [-0.1, -0.05) is 0 Å². The second-order valence-corrected chi connectivity index (χ2v) is 4.35. The molecule has 0 heterocycles. The third-order valence-electron chi connectivity index (χ3n) is 1.34. The van der Waals surface area contributed by atoms with Crippen LogP contribution in [-0.2, 0) is 9.53 Å². The predicted octanol–water partition coefficient (Wildman–Crippen LogP) is 0.393. The van der Waals surface area contributed by atoms with Gasteiger partial charge in [-0.3, -0.25) is 4.79 Å². The van der Waals surface area contributed by atoms with Gasteiger partial charge in [-0.05, 0) is 34.1 Å². The molecule has 78 valence electrons. The molecule has 0 amide bonds. The number of hydrogen-bond donors (Lipinski definition) is 2. The Morgan fingerprint density at radius 3 is 2.15 bits per heavy atom. The summed E-state index contributed by atoms with van der Waals surface area (Å²) in [5.41, 5.74) is 10.6. The van der Waals surface area contributed by atoms with Gasteiger partial charge in [0.1, 0.15) is 11.6 Å². The average molecular weight is 188 g/mol. The quantitative estimate of drug-likeness (QED) is 0.628. The molecule has 0 aliphatic carbocycles. The first-order chi connectivity index (χ1) is 5.72. The lowest BCUT2D eigenvalue weighted by Gasteiger charge is -2.22. The van der Waals surface area contributed by atoms with Gasteiger partial charge in [-0.2, -0.15) is 0 Å². The van der Waals surface area contributed by atoms with E-state index >= 15 is 0 Å². The third kappa shape index (κ3) is 6.54. The van der Waals surface area contributed by atoms with Crippen LogP contribution in [0.15, 0.2) is 0 Å². The monoisotopic (exact) mass is 188 g/mol. The van der Waals surface area contributed by atoms with Crippen LogP contribution in [0.3, 0.4) is 0 Å². The molecular formula is C9H20N2O2. The lowest BCUT2D eigenvalue weighted by atomic mass is 10.1. The molecule has 4 heteroatoms. The Kier molecular flexibility index (Phi) is 4.36. The Balaban J connectivity index is 3.97. The standard InChI is InChI=1S/C9H20N2O2/c1-6(10)5-7(11)8(12)13-9(2,3)4/h6-7H,5,10-11H2,1-4H3. The van der Waals surface area contributed by atoms with E-state index in [4.69, 9.17) is 16.2 Å². The summed E-state index contributed by atoms with van der Waals surface area (Å²) in [4.78, 5) is 11.3. The number of nitrogens with two attached hydrogens (primary N) is 2. The molecule has 0 radical (unpaired) electrons. The summed E-state index contributed by atoms with van der Waals surface area (Å²) in [5.74, 6) is -0.384. The van der Waals surface area contributed by atoms with Crippen molar-refractivity contribution < 1.29 is 9.53 Å². The van der Waals surface area contributed by atoms with Crippen molar-refractivity contribution in [3.05, 3.63) is 0 Å². The zero-order valence-electron chi connectivity index (χ0n) is 8.83. The molecule has 0 aromatic carbocycles. The highest BCUT2D eigenvalue weighted by Crippen LogP contribution is 2.09. The molecule has 0 aromatic heterocycles. The fourth-order valence-corrected chi connectivity index (χ4v) is 0.874. The van der Waals surface area contributed by atoms with Crippen molar-refractivity contribution in [2.24, 2.45) is 11.5 Å². The van der Waals surface area contributed by atoms with Gasteiger partial charge >= 0.3 is 5.97 Å². The Morgan fingerprint density at radius 2 is 1.85 bits per heavy atom. The highest BCUT2D eigenvalue weighted by atomic mass is 16.6. The molecule has 13 heavy (non-hydrogen) atoms. The van der Waals surface area contributed by atoms with Gasteiger partial charge < -0.3 is 16.2 Å². The fourth-order valence-electron chi connectivity index (χ4n) is 0.874. The molecule has 0 bridgehead atoms. The summed E-state index contributed by atoms with van der Waals surface area (Å²) in [6, 6.07) is -0.693. The molecule has 0 fully saturated rings. The lowest BCUT2D eigenvalue weighted by Crippen LogP contribution is -2.40. The van der Waals surface area contributed by atoms with Crippen molar-refractivity contribution in [2.45, 2.75) is 51.8 Å². The molecule has 4 N–H and O–H groups in total. The molecule has 4 nitrogen and oxygen atoms in total. The Labute approximate surface area is 79.6 Å². The predicted molar refractivity (Wildman–Crippen MR) is 52.1 cm³/mol. The van der Waals surface area contributed by atoms with Crippen molar-refractivity contribution in [2.75, 3.05) is 0 Å². The van der Waals surface area contributed by atoms with Crippen LogP contribution < -0.4 is 11.5 Å². The van der Waals surface area contributed by atoms with Crippen molar-refractivity contribution in [3.8, 4) is 0 Å². The van der Waals surface area contributed by atoms with Crippen LogP contribution in [0.5, 0.6) is 0 Å². The van der Waals surface area contributed by atoms with E-state index < -0.39 is 11.6 Å². The third-order valence-corrected chi connectivity index (χ3v) is 1.34. The molecule has 0 aliphatic rings.